The second-order valence-electron chi connectivity index (χ2n) is 8.14. The lowest BCUT2D eigenvalue weighted by Gasteiger charge is -2.26. The predicted molar refractivity (Wildman–Crippen MR) is 217 cm³/mol. The highest BCUT2D eigenvalue weighted by atomic mass is 79.9. The van der Waals surface area contributed by atoms with Crippen LogP contribution in [0.15, 0.2) is 102 Å². The van der Waals surface area contributed by atoms with Crippen molar-refractivity contribution in [1.82, 2.24) is 0 Å². The molecule has 0 aliphatic carbocycles. The zero-order valence-corrected chi connectivity index (χ0v) is 41.7. The maximum atomic E-state index is 14.8. The van der Waals surface area contributed by atoms with Crippen LogP contribution in [0.1, 0.15) is 0 Å². The molecular weight excluding hydrogens is 1420 g/mol. The van der Waals surface area contributed by atoms with Crippen molar-refractivity contribution in [1.29, 1.82) is 0 Å². The molecule has 0 N–H and O–H groups in total. The second kappa shape index (κ2) is 16.7. The van der Waals surface area contributed by atoms with Crippen LogP contribution in [0.4, 0.5) is 0 Å². The monoisotopic (exact) mass is 1420 g/mol. The molecule has 0 bridgehead atoms. The number of phosphoric ester groups is 2. The molecule has 4 aromatic rings. The highest BCUT2D eigenvalue weighted by Crippen LogP contribution is 2.68. The summed E-state index contributed by atoms with van der Waals surface area (Å²) in [5.74, 6) is 0.0350. The fraction of sp³-hybridized carbons (Fsp3) is 0. The van der Waals surface area contributed by atoms with Crippen molar-refractivity contribution in [2.45, 2.75) is 0 Å². The lowest BCUT2D eigenvalue weighted by atomic mass is 10.3. The Bertz CT molecular complexity index is 1550. The van der Waals surface area contributed by atoms with Crippen LogP contribution in [0, 0.1) is 0 Å². The van der Waals surface area contributed by atoms with Crippen molar-refractivity contribution in [3.8, 4) is 23.0 Å². The van der Waals surface area contributed by atoms with Crippen molar-refractivity contribution in [3.63, 3.8) is 0 Å². The fourth-order valence-electron chi connectivity index (χ4n) is 3.14. The maximum absolute atomic E-state index is 14.8. The first-order chi connectivity index (χ1) is 20.9. The summed E-state index contributed by atoms with van der Waals surface area (Å²) in [5.41, 5.74) is 0. The van der Waals surface area contributed by atoms with E-state index in [2.05, 4.69) is 191 Å². The Morgan fingerprint density at radius 3 is 0.644 bits per heavy atom. The molecule has 0 aromatic heterocycles. The molecule has 0 aliphatic rings. The highest BCUT2D eigenvalue weighted by molar-refractivity contribution is 9.13. The predicted octanol–water partition coefficient (Wildman–Crippen LogP) is 16.7. The van der Waals surface area contributed by atoms with Crippen LogP contribution >= 0.6 is 207 Å². The van der Waals surface area contributed by atoms with E-state index in [4.69, 9.17) is 22.4 Å². The van der Waals surface area contributed by atoms with Gasteiger partial charge in [-0.25, -0.2) is 9.13 Å². The van der Waals surface area contributed by atoms with Crippen LogP contribution in [0.25, 0.3) is 0 Å². The van der Waals surface area contributed by atoms with Crippen molar-refractivity contribution in [3.05, 3.63) is 102 Å². The summed E-state index contributed by atoms with van der Waals surface area (Å²) >= 11 is 40.8. The molecule has 0 heterocycles. The number of hydrogen-bond donors (Lipinski definition) is 0. The fourth-order valence-corrected chi connectivity index (χ4v) is 17.1. The average molecular weight is 1430 g/mol. The first kappa shape index (κ1) is 40.0. The van der Waals surface area contributed by atoms with Gasteiger partial charge in [0.2, 0.25) is 0 Å². The number of hydrogen-bond acceptors (Lipinski definition) is 7. The van der Waals surface area contributed by atoms with Crippen LogP contribution in [-0.4, -0.2) is 0 Å². The third-order valence-electron chi connectivity index (χ3n) is 4.86. The van der Waals surface area contributed by atoms with Gasteiger partial charge in [-0.1, -0.05) is 63.7 Å². The van der Waals surface area contributed by atoms with E-state index in [1.54, 1.807) is 48.5 Å². The molecule has 0 saturated heterocycles. The molecule has 0 aliphatic heterocycles. The average Bonchev–Trinajstić information content (AvgIpc) is 2.88. The zero-order chi connectivity index (χ0) is 33.4. The largest absolute Gasteiger partial charge is 0.598 e. The summed E-state index contributed by atoms with van der Waals surface area (Å²) in [5, 5.41) is 0. The van der Waals surface area contributed by atoms with Crippen molar-refractivity contribution >= 4 is 207 Å². The molecule has 0 fully saturated rings. The van der Waals surface area contributed by atoms with Crippen molar-refractivity contribution in [2.24, 2.45) is 0 Å². The van der Waals surface area contributed by atoms with Crippen LogP contribution in [0.3, 0.4) is 0 Å². The summed E-state index contributed by atoms with van der Waals surface area (Å²) in [6.45, 7) is 0. The quantitative estimate of drug-likeness (QED) is 0.146. The molecule has 0 radical (unpaired) electrons. The Kier molecular flexibility index (Phi) is 14.9. The molecule has 0 spiro atoms. The lowest BCUT2D eigenvalue weighted by molar-refractivity contribution is 0.240. The standard InChI is InChI=1S/C24H8Br12O7P2/c25-9-1-13(29)21(14(30)2-9)39-44(37,40-22-15(31)3-10(26)4-16(22)32)43-45(38,41-23-17(33)5-11(27)6-18(23)34)42-24-19(35)7-12(28)8-20(24)36/h1-8H. The Hall–Kier alpha value is 2.26. The molecular formula is C24H8Br12O7P2. The third kappa shape index (κ3) is 10.6. The SMILES string of the molecule is O=P(Oc1c(Br)cc(Br)cc1Br)(Oc1c(Br)cc(Br)cc1Br)OP(=O)(Oc1c(Br)cc(Br)cc1Br)Oc1c(Br)cc(Br)cc1Br. The van der Waals surface area contributed by atoms with Gasteiger partial charge in [0.1, 0.15) is 0 Å². The normalized spacial score (nSPS) is 11.8. The summed E-state index contributed by atoms with van der Waals surface area (Å²) in [7, 11) is -10.0. The number of halogens is 12. The van der Waals surface area contributed by atoms with E-state index in [9.17, 15) is 9.13 Å². The minimum Gasteiger partial charge on any atom is -0.392 e. The van der Waals surface area contributed by atoms with Gasteiger partial charge < -0.3 is 18.1 Å². The van der Waals surface area contributed by atoms with Crippen LogP contribution in [0.5, 0.6) is 23.0 Å². The van der Waals surface area contributed by atoms with Crippen molar-refractivity contribution < 1.29 is 31.5 Å². The van der Waals surface area contributed by atoms with E-state index in [-0.39, 0.29) is 23.0 Å². The summed E-state index contributed by atoms with van der Waals surface area (Å²) in [6.07, 6.45) is 0. The molecule has 45 heavy (non-hydrogen) atoms. The Labute approximate surface area is 358 Å². The Balaban J connectivity index is 1.92. The van der Waals surface area contributed by atoms with E-state index in [1.807, 2.05) is 0 Å². The van der Waals surface area contributed by atoms with Gasteiger partial charge in [-0.2, -0.15) is 0 Å². The molecule has 0 unspecified atom stereocenters. The minimum absolute atomic E-state index is 0.00875. The van der Waals surface area contributed by atoms with E-state index in [1.165, 1.54) is 0 Å². The van der Waals surface area contributed by atoms with Gasteiger partial charge in [-0.05, 0) is 176 Å². The first-order valence-electron chi connectivity index (χ1n) is 11.2. The second-order valence-corrected chi connectivity index (χ2v) is 21.8. The first-order valence-corrected chi connectivity index (χ1v) is 23.6. The van der Waals surface area contributed by atoms with Crippen LogP contribution in [-0.2, 0) is 13.4 Å². The molecule has 4 aromatic carbocycles. The Morgan fingerprint density at radius 2 is 0.489 bits per heavy atom. The summed E-state index contributed by atoms with van der Waals surface area (Å²) < 4.78 is 64.8. The minimum atomic E-state index is -5.02. The maximum Gasteiger partial charge on any atom is 0.598 e. The highest BCUT2D eigenvalue weighted by Gasteiger charge is 2.48. The van der Waals surface area contributed by atoms with Crippen LogP contribution < -0.4 is 18.1 Å². The molecule has 0 atom stereocenters. The molecule has 4 rings (SSSR count). The van der Waals surface area contributed by atoms with Gasteiger partial charge in [0.15, 0.2) is 23.0 Å². The number of rotatable bonds is 10. The van der Waals surface area contributed by atoms with Crippen LogP contribution in [0.2, 0.25) is 0 Å². The van der Waals surface area contributed by atoms with E-state index in [0.717, 1.165) is 0 Å². The molecule has 21 heteroatoms. The zero-order valence-electron chi connectivity index (χ0n) is 20.9. The van der Waals surface area contributed by atoms with Gasteiger partial charge in [-0.3, -0.25) is 0 Å². The van der Waals surface area contributed by atoms with E-state index >= 15 is 0 Å². The molecule has 0 amide bonds. The van der Waals surface area contributed by atoms with Gasteiger partial charge in [0, 0.05) is 17.9 Å². The van der Waals surface area contributed by atoms with Gasteiger partial charge in [0.25, 0.3) is 0 Å². The van der Waals surface area contributed by atoms with E-state index < -0.39 is 15.6 Å². The molecule has 0 saturated carbocycles. The Morgan fingerprint density at radius 1 is 0.333 bits per heavy atom. The smallest absolute Gasteiger partial charge is 0.392 e. The van der Waals surface area contributed by atoms with Gasteiger partial charge in [-0.15, -0.1) is 4.31 Å². The summed E-state index contributed by atoms with van der Waals surface area (Å²) in [4.78, 5) is 0. The summed E-state index contributed by atoms with van der Waals surface area (Å²) in [6, 6.07) is 13.2. The molecule has 240 valence electrons. The topological polar surface area (TPSA) is 80.3 Å². The third-order valence-corrected chi connectivity index (χ3v) is 14.6. The van der Waals surface area contributed by atoms with Gasteiger partial charge in [0.05, 0.1) is 35.8 Å². The lowest BCUT2D eigenvalue weighted by Crippen LogP contribution is -2.11. The van der Waals surface area contributed by atoms with E-state index in [0.29, 0.717) is 53.7 Å². The number of phosphoric acid groups is 2. The number of benzene rings is 4. The van der Waals surface area contributed by atoms with Crippen molar-refractivity contribution in [2.75, 3.05) is 0 Å². The van der Waals surface area contributed by atoms with Gasteiger partial charge >= 0.3 is 15.6 Å². The molecule has 7 nitrogen and oxygen atoms in total.